The molecule has 64 valence electrons. The van der Waals surface area contributed by atoms with Crippen molar-refractivity contribution in [2.75, 3.05) is 0 Å². The van der Waals surface area contributed by atoms with Crippen LogP contribution < -0.4 is 0 Å². The first-order valence-corrected chi connectivity index (χ1v) is 3.96. The van der Waals surface area contributed by atoms with Gasteiger partial charge in [0.05, 0.1) is 30.7 Å². The summed E-state index contributed by atoms with van der Waals surface area (Å²) in [6.07, 6.45) is 2.32. The molecular formula is C10H9N3. The number of hydrogen-bond acceptors (Lipinski definition) is 3. The molecule has 3 nitrogen and oxygen atoms in total. The molecule has 0 saturated heterocycles. The minimum Gasteiger partial charge on any atom is -0.260 e. The van der Waals surface area contributed by atoms with Crippen LogP contribution >= 0.6 is 0 Å². The minimum atomic E-state index is 0.275. The average molecular weight is 171 g/mol. The largest absolute Gasteiger partial charge is 0.260 e. The molecule has 0 atom stereocenters. The molecule has 0 aliphatic heterocycles. The van der Waals surface area contributed by atoms with Gasteiger partial charge in [-0.1, -0.05) is 6.07 Å². The normalized spacial score (nSPS) is 8.85. The van der Waals surface area contributed by atoms with Gasteiger partial charge >= 0.3 is 0 Å². The summed E-state index contributed by atoms with van der Waals surface area (Å²) < 4.78 is 0. The Hall–Kier alpha value is -1.87. The molecule has 3 heteroatoms. The van der Waals surface area contributed by atoms with Gasteiger partial charge in [0.1, 0.15) is 0 Å². The smallest absolute Gasteiger partial charge is 0.0777 e. The van der Waals surface area contributed by atoms with Gasteiger partial charge in [-0.2, -0.15) is 10.5 Å². The molecule has 13 heavy (non-hydrogen) atoms. The average Bonchev–Trinajstić information content (AvgIpc) is 2.10. The van der Waals surface area contributed by atoms with Gasteiger partial charge in [-0.15, -0.1) is 0 Å². The van der Waals surface area contributed by atoms with Crippen molar-refractivity contribution in [3.8, 4) is 12.1 Å². The zero-order chi connectivity index (χ0) is 9.68. The number of nitriles is 2. The summed E-state index contributed by atoms with van der Waals surface area (Å²) in [7, 11) is 0. The van der Waals surface area contributed by atoms with Gasteiger partial charge < -0.3 is 0 Å². The second-order valence-corrected chi connectivity index (χ2v) is 2.79. The molecule has 1 aromatic rings. The number of aryl methyl sites for hydroxylation is 1. The van der Waals surface area contributed by atoms with Gasteiger partial charge in [0.25, 0.3) is 0 Å². The molecule has 0 fully saturated rings. The highest BCUT2D eigenvalue weighted by molar-refractivity contribution is 5.28. The minimum absolute atomic E-state index is 0.275. The quantitative estimate of drug-likeness (QED) is 0.677. The predicted octanol–water partition coefficient (Wildman–Crippen LogP) is 1.52. The maximum absolute atomic E-state index is 8.54. The fourth-order valence-corrected chi connectivity index (χ4v) is 1.13. The Balaban J connectivity index is 3.06. The van der Waals surface area contributed by atoms with Crippen LogP contribution in [0.4, 0.5) is 0 Å². The van der Waals surface area contributed by atoms with Gasteiger partial charge in [0, 0.05) is 6.20 Å². The summed E-state index contributed by atoms with van der Waals surface area (Å²) >= 11 is 0. The number of nitrogens with zero attached hydrogens (tertiary/aromatic N) is 3. The molecule has 0 aliphatic rings. The third kappa shape index (κ3) is 2.28. The highest BCUT2D eigenvalue weighted by Crippen LogP contribution is 2.09. The van der Waals surface area contributed by atoms with E-state index in [1.165, 1.54) is 0 Å². The second kappa shape index (κ2) is 4.23. The van der Waals surface area contributed by atoms with E-state index in [1.807, 2.05) is 19.1 Å². The Morgan fingerprint density at radius 3 is 2.62 bits per heavy atom. The van der Waals surface area contributed by atoms with Crippen molar-refractivity contribution in [1.29, 1.82) is 10.5 Å². The Morgan fingerprint density at radius 2 is 2.00 bits per heavy atom. The molecule has 0 spiro atoms. The van der Waals surface area contributed by atoms with E-state index in [1.54, 1.807) is 6.20 Å². The van der Waals surface area contributed by atoms with Crippen LogP contribution in [0.1, 0.15) is 16.8 Å². The van der Waals surface area contributed by atoms with Crippen molar-refractivity contribution in [3.05, 3.63) is 29.1 Å². The summed E-state index contributed by atoms with van der Waals surface area (Å²) in [5.41, 5.74) is 2.60. The zero-order valence-electron chi connectivity index (χ0n) is 7.41. The molecule has 0 N–H and O–H groups in total. The molecule has 1 heterocycles. The summed E-state index contributed by atoms with van der Waals surface area (Å²) in [5.74, 6) is 0. The molecule has 0 amide bonds. The van der Waals surface area contributed by atoms with Crippen molar-refractivity contribution in [3.63, 3.8) is 0 Å². The summed E-state index contributed by atoms with van der Waals surface area (Å²) in [5, 5.41) is 17.1. The zero-order valence-corrected chi connectivity index (χ0v) is 7.41. The van der Waals surface area contributed by atoms with Crippen molar-refractivity contribution in [2.45, 2.75) is 19.8 Å². The van der Waals surface area contributed by atoms with Crippen LogP contribution in [0.2, 0.25) is 0 Å². The van der Waals surface area contributed by atoms with E-state index in [9.17, 15) is 0 Å². The first-order valence-electron chi connectivity index (χ1n) is 3.96. The SMILES string of the molecule is Cc1cnc(CC#N)c(CC#N)c1. The van der Waals surface area contributed by atoms with Crippen LogP contribution in [-0.2, 0) is 12.8 Å². The van der Waals surface area contributed by atoms with E-state index < -0.39 is 0 Å². The number of pyridine rings is 1. The number of aromatic nitrogens is 1. The summed E-state index contributed by atoms with van der Waals surface area (Å²) in [4.78, 5) is 4.11. The van der Waals surface area contributed by atoms with E-state index in [0.29, 0.717) is 6.42 Å². The van der Waals surface area contributed by atoms with Gasteiger partial charge in [0.15, 0.2) is 0 Å². The molecule has 1 aromatic heterocycles. The first kappa shape index (κ1) is 9.22. The highest BCUT2D eigenvalue weighted by atomic mass is 14.7. The predicted molar refractivity (Wildman–Crippen MR) is 47.6 cm³/mol. The van der Waals surface area contributed by atoms with Crippen molar-refractivity contribution in [2.24, 2.45) is 0 Å². The van der Waals surface area contributed by atoms with Gasteiger partial charge in [-0.3, -0.25) is 4.98 Å². The van der Waals surface area contributed by atoms with E-state index in [4.69, 9.17) is 10.5 Å². The fourth-order valence-electron chi connectivity index (χ4n) is 1.13. The van der Waals surface area contributed by atoms with Crippen LogP contribution in [0.15, 0.2) is 12.3 Å². The number of hydrogen-bond donors (Lipinski definition) is 0. The van der Waals surface area contributed by atoms with Crippen LogP contribution in [-0.4, -0.2) is 4.98 Å². The maximum Gasteiger partial charge on any atom is 0.0777 e. The molecule has 0 radical (unpaired) electrons. The second-order valence-electron chi connectivity index (χ2n) is 2.79. The van der Waals surface area contributed by atoms with Crippen LogP contribution in [0.5, 0.6) is 0 Å². The van der Waals surface area contributed by atoms with Gasteiger partial charge in [0.2, 0.25) is 0 Å². The Labute approximate surface area is 77.3 Å². The Bertz CT molecular complexity index is 382. The Kier molecular flexibility index (Phi) is 3.00. The third-order valence-corrected chi connectivity index (χ3v) is 1.71. The van der Waals surface area contributed by atoms with E-state index in [-0.39, 0.29) is 6.42 Å². The molecule has 0 saturated carbocycles. The monoisotopic (exact) mass is 171 g/mol. The van der Waals surface area contributed by atoms with Crippen LogP contribution in [0.3, 0.4) is 0 Å². The standard InChI is InChI=1S/C10H9N3/c1-8-6-9(2-4-11)10(3-5-12)13-7-8/h6-7H,2-3H2,1H3. The Morgan fingerprint density at radius 1 is 1.31 bits per heavy atom. The lowest BCUT2D eigenvalue weighted by Crippen LogP contribution is -1.97. The molecular weight excluding hydrogens is 162 g/mol. The van der Waals surface area contributed by atoms with Gasteiger partial charge in [-0.05, 0) is 18.1 Å². The summed E-state index contributed by atoms with van der Waals surface area (Å²) in [6.45, 7) is 1.92. The van der Waals surface area contributed by atoms with E-state index in [0.717, 1.165) is 16.8 Å². The van der Waals surface area contributed by atoms with E-state index in [2.05, 4.69) is 11.1 Å². The van der Waals surface area contributed by atoms with Crippen molar-refractivity contribution >= 4 is 0 Å². The maximum atomic E-state index is 8.54. The van der Waals surface area contributed by atoms with Gasteiger partial charge in [-0.25, -0.2) is 0 Å². The lowest BCUT2D eigenvalue weighted by molar-refractivity contribution is 1.03. The molecule has 1 rings (SSSR count). The molecule has 0 unspecified atom stereocenters. The van der Waals surface area contributed by atoms with Crippen molar-refractivity contribution in [1.82, 2.24) is 4.98 Å². The lowest BCUT2D eigenvalue weighted by Gasteiger charge is -2.02. The van der Waals surface area contributed by atoms with E-state index >= 15 is 0 Å². The molecule has 0 aliphatic carbocycles. The van der Waals surface area contributed by atoms with Crippen LogP contribution in [0.25, 0.3) is 0 Å². The van der Waals surface area contributed by atoms with Crippen LogP contribution in [0, 0.1) is 29.6 Å². The van der Waals surface area contributed by atoms with Crippen molar-refractivity contribution < 1.29 is 0 Å². The molecule has 0 aromatic carbocycles. The topological polar surface area (TPSA) is 60.5 Å². The molecule has 0 bridgehead atoms. The third-order valence-electron chi connectivity index (χ3n) is 1.71. The lowest BCUT2D eigenvalue weighted by atomic mass is 10.1. The number of rotatable bonds is 2. The fraction of sp³-hybridized carbons (Fsp3) is 0.300. The first-order chi connectivity index (χ1) is 6.27. The summed E-state index contributed by atoms with van der Waals surface area (Å²) in [6, 6.07) is 6.00. The highest BCUT2D eigenvalue weighted by Gasteiger charge is 2.02.